The minimum atomic E-state index is -0.560. The molecule has 0 unspecified atom stereocenters. The number of benzene rings is 2. The molecule has 7 nitrogen and oxygen atoms in total. The van der Waals surface area contributed by atoms with Gasteiger partial charge in [-0.15, -0.1) is 0 Å². The van der Waals surface area contributed by atoms with Gasteiger partial charge in [-0.2, -0.15) is 0 Å². The maximum Gasteiger partial charge on any atom is 0.252 e. The zero-order valence-corrected chi connectivity index (χ0v) is 16.1. The summed E-state index contributed by atoms with van der Waals surface area (Å²) in [4.78, 5) is 27.6. The molecule has 7 heteroatoms. The highest BCUT2D eigenvalue weighted by molar-refractivity contribution is 5.98. The molecule has 0 saturated carbocycles. The fraction of sp³-hybridized carbons (Fsp3) is 0.136. The molecular weight excluding hydrogens is 366 g/mol. The summed E-state index contributed by atoms with van der Waals surface area (Å²) in [5.74, 6) is -0.0141. The fourth-order valence-corrected chi connectivity index (χ4v) is 2.74. The Hall–Kier alpha value is -3.87. The predicted molar refractivity (Wildman–Crippen MR) is 115 cm³/mol. The van der Waals surface area contributed by atoms with E-state index >= 15 is 0 Å². The van der Waals surface area contributed by atoms with E-state index in [0.29, 0.717) is 30.0 Å². The average Bonchev–Trinajstić information content (AvgIpc) is 2.73. The van der Waals surface area contributed by atoms with Gasteiger partial charge >= 0.3 is 0 Å². The number of aromatic nitrogens is 1. The van der Waals surface area contributed by atoms with Gasteiger partial charge in [0.25, 0.3) is 5.91 Å². The molecule has 1 heterocycles. The van der Waals surface area contributed by atoms with Crippen LogP contribution in [-0.4, -0.2) is 16.8 Å². The van der Waals surface area contributed by atoms with E-state index in [1.54, 1.807) is 13.0 Å². The van der Waals surface area contributed by atoms with Crippen molar-refractivity contribution in [2.75, 3.05) is 16.0 Å². The SMILES string of the molecule is CCC(=O)Nc1cccc(CNc2cc(Nc3ccccc3)ncc2C(N)=O)c1. The standard InChI is InChI=1S/C22H23N5O2/c1-2-21(28)27-17-10-6-7-15(11-17)13-24-19-12-20(25-14-18(19)22(23)29)26-16-8-4-3-5-9-16/h3-12,14H,2,13H2,1H3,(H2,23,29)(H,27,28)(H2,24,25,26). The molecule has 148 valence electrons. The summed E-state index contributed by atoms with van der Waals surface area (Å²) < 4.78 is 0. The number of nitrogens with one attached hydrogen (secondary N) is 3. The second-order valence-electron chi connectivity index (χ2n) is 6.43. The highest BCUT2D eigenvalue weighted by atomic mass is 16.1. The van der Waals surface area contributed by atoms with Crippen LogP contribution >= 0.6 is 0 Å². The third-order valence-corrected chi connectivity index (χ3v) is 4.23. The van der Waals surface area contributed by atoms with Crippen LogP contribution in [0.1, 0.15) is 29.3 Å². The Bertz CT molecular complexity index is 1010. The molecule has 0 atom stereocenters. The lowest BCUT2D eigenvalue weighted by Gasteiger charge is -2.13. The topological polar surface area (TPSA) is 109 Å². The first-order valence-electron chi connectivity index (χ1n) is 9.29. The van der Waals surface area contributed by atoms with Crippen molar-refractivity contribution in [2.45, 2.75) is 19.9 Å². The Morgan fingerprint density at radius 2 is 1.76 bits per heavy atom. The van der Waals surface area contributed by atoms with Gasteiger partial charge in [0, 0.05) is 36.6 Å². The van der Waals surface area contributed by atoms with Crippen LogP contribution in [0.3, 0.4) is 0 Å². The molecule has 1 aromatic heterocycles. The number of carbonyl (C=O) groups is 2. The molecule has 0 spiro atoms. The molecule has 0 aliphatic carbocycles. The van der Waals surface area contributed by atoms with Gasteiger partial charge in [0.05, 0.1) is 11.3 Å². The molecule has 2 aromatic carbocycles. The molecule has 3 rings (SSSR count). The molecule has 0 aliphatic heterocycles. The number of rotatable bonds is 8. The van der Waals surface area contributed by atoms with E-state index in [-0.39, 0.29) is 5.91 Å². The van der Waals surface area contributed by atoms with Crippen molar-refractivity contribution in [2.24, 2.45) is 5.73 Å². The minimum Gasteiger partial charge on any atom is -0.380 e. The van der Waals surface area contributed by atoms with Crippen molar-refractivity contribution in [1.82, 2.24) is 4.98 Å². The summed E-state index contributed by atoms with van der Waals surface area (Å²) in [7, 11) is 0. The van der Waals surface area contributed by atoms with E-state index < -0.39 is 5.91 Å². The smallest absolute Gasteiger partial charge is 0.252 e. The lowest BCUT2D eigenvalue weighted by atomic mass is 10.1. The fourth-order valence-electron chi connectivity index (χ4n) is 2.74. The Labute approximate surface area is 169 Å². The number of hydrogen-bond acceptors (Lipinski definition) is 5. The van der Waals surface area contributed by atoms with Gasteiger partial charge in [-0.05, 0) is 29.8 Å². The molecule has 3 aromatic rings. The van der Waals surface area contributed by atoms with Crippen LogP contribution < -0.4 is 21.7 Å². The third kappa shape index (κ3) is 5.55. The largest absolute Gasteiger partial charge is 0.380 e. The van der Waals surface area contributed by atoms with Crippen molar-refractivity contribution < 1.29 is 9.59 Å². The predicted octanol–water partition coefficient (Wildman–Crippen LogP) is 3.88. The molecule has 29 heavy (non-hydrogen) atoms. The summed E-state index contributed by atoms with van der Waals surface area (Å²) in [5, 5.41) is 9.27. The van der Waals surface area contributed by atoms with Crippen LogP contribution in [0.4, 0.5) is 22.9 Å². The molecule has 0 aliphatic rings. The molecule has 5 N–H and O–H groups in total. The number of anilines is 4. The number of para-hydroxylation sites is 1. The first-order chi connectivity index (χ1) is 14.0. The quantitative estimate of drug-likeness (QED) is 0.467. The molecule has 0 bridgehead atoms. The number of hydrogen-bond donors (Lipinski definition) is 4. The van der Waals surface area contributed by atoms with Crippen molar-refractivity contribution >= 4 is 34.7 Å². The van der Waals surface area contributed by atoms with Crippen LogP contribution in [0.5, 0.6) is 0 Å². The summed E-state index contributed by atoms with van der Waals surface area (Å²) in [6.07, 6.45) is 1.87. The van der Waals surface area contributed by atoms with Gasteiger partial charge in [-0.3, -0.25) is 9.59 Å². The van der Waals surface area contributed by atoms with E-state index in [4.69, 9.17) is 5.73 Å². The van der Waals surface area contributed by atoms with Crippen molar-refractivity contribution in [1.29, 1.82) is 0 Å². The van der Waals surface area contributed by atoms with E-state index in [2.05, 4.69) is 20.9 Å². The summed E-state index contributed by atoms with van der Waals surface area (Å²) >= 11 is 0. The van der Waals surface area contributed by atoms with Crippen molar-refractivity contribution in [3.8, 4) is 0 Å². The summed E-state index contributed by atoms with van der Waals surface area (Å²) in [6.45, 7) is 2.25. The molecule has 0 saturated heterocycles. The van der Waals surface area contributed by atoms with Crippen LogP contribution in [0.2, 0.25) is 0 Å². The number of nitrogens with zero attached hydrogens (tertiary/aromatic N) is 1. The Morgan fingerprint density at radius 3 is 2.48 bits per heavy atom. The highest BCUT2D eigenvalue weighted by Gasteiger charge is 2.11. The van der Waals surface area contributed by atoms with Crippen LogP contribution in [0.25, 0.3) is 0 Å². The maximum absolute atomic E-state index is 11.8. The Kier molecular flexibility index (Phi) is 6.42. The molecule has 0 radical (unpaired) electrons. The van der Waals surface area contributed by atoms with E-state index in [0.717, 1.165) is 16.9 Å². The van der Waals surface area contributed by atoms with E-state index in [1.807, 2.05) is 54.6 Å². The third-order valence-electron chi connectivity index (χ3n) is 4.23. The van der Waals surface area contributed by atoms with Gasteiger partial charge < -0.3 is 21.7 Å². The van der Waals surface area contributed by atoms with Gasteiger partial charge in [0.2, 0.25) is 5.91 Å². The number of carbonyl (C=O) groups excluding carboxylic acids is 2. The number of pyridine rings is 1. The molecular formula is C22H23N5O2. The maximum atomic E-state index is 11.8. The number of amides is 2. The van der Waals surface area contributed by atoms with Gasteiger partial charge in [-0.1, -0.05) is 37.3 Å². The van der Waals surface area contributed by atoms with Crippen molar-refractivity contribution in [3.63, 3.8) is 0 Å². The molecule has 0 fully saturated rings. The lowest BCUT2D eigenvalue weighted by molar-refractivity contribution is -0.115. The number of nitrogens with two attached hydrogens (primary N) is 1. The Balaban J connectivity index is 1.76. The zero-order valence-electron chi connectivity index (χ0n) is 16.1. The summed E-state index contributed by atoms with van der Waals surface area (Å²) in [5.41, 5.74) is 8.94. The van der Waals surface area contributed by atoms with Gasteiger partial charge in [-0.25, -0.2) is 4.98 Å². The first kappa shape index (κ1) is 19.9. The van der Waals surface area contributed by atoms with E-state index in [1.165, 1.54) is 6.20 Å². The van der Waals surface area contributed by atoms with Crippen LogP contribution in [0, 0.1) is 0 Å². The molecule has 2 amide bonds. The van der Waals surface area contributed by atoms with Crippen LogP contribution in [0.15, 0.2) is 66.9 Å². The van der Waals surface area contributed by atoms with Gasteiger partial charge in [0.1, 0.15) is 5.82 Å². The first-order valence-corrected chi connectivity index (χ1v) is 9.29. The second kappa shape index (κ2) is 9.36. The van der Waals surface area contributed by atoms with Crippen LogP contribution in [-0.2, 0) is 11.3 Å². The second-order valence-corrected chi connectivity index (χ2v) is 6.43. The summed E-state index contributed by atoms with van der Waals surface area (Å²) in [6, 6.07) is 18.9. The van der Waals surface area contributed by atoms with E-state index in [9.17, 15) is 9.59 Å². The lowest BCUT2D eigenvalue weighted by Crippen LogP contribution is -2.15. The normalized spacial score (nSPS) is 10.2. The van der Waals surface area contributed by atoms with Crippen molar-refractivity contribution in [3.05, 3.63) is 78.0 Å². The number of primary amides is 1. The Morgan fingerprint density at radius 1 is 1.00 bits per heavy atom. The average molecular weight is 389 g/mol. The monoisotopic (exact) mass is 389 g/mol. The minimum absolute atomic E-state index is 0.0446. The van der Waals surface area contributed by atoms with Gasteiger partial charge in [0.15, 0.2) is 0 Å². The zero-order chi connectivity index (χ0) is 20.6. The highest BCUT2D eigenvalue weighted by Crippen LogP contribution is 2.22.